The molecule has 0 fully saturated rings. The molecule has 0 radical (unpaired) electrons. The van der Waals surface area contributed by atoms with Gasteiger partial charge in [-0.2, -0.15) is 0 Å². The average Bonchev–Trinajstić information content (AvgIpc) is 2.37. The van der Waals surface area contributed by atoms with Crippen molar-refractivity contribution in [2.24, 2.45) is 11.8 Å². The lowest BCUT2D eigenvalue weighted by atomic mass is 9.80. The highest BCUT2D eigenvalue weighted by atomic mass is 14.2. The third-order valence-corrected chi connectivity index (χ3v) is 3.74. The standard InChI is InChI=1S/C17H22/c1-3-16(13-15-9-5-4-6-10-15)17-11-7-8-14(2)12-17/h4-10,12,16-17H,3,11,13H2,1-2H3. The van der Waals surface area contributed by atoms with Gasteiger partial charge in [-0.05, 0) is 37.2 Å². The van der Waals surface area contributed by atoms with Crippen LogP contribution in [0.3, 0.4) is 0 Å². The molecule has 0 aromatic heterocycles. The van der Waals surface area contributed by atoms with Crippen LogP contribution < -0.4 is 0 Å². The second-order valence-corrected chi connectivity index (χ2v) is 5.07. The summed E-state index contributed by atoms with van der Waals surface area (Å²) in [6.07, 6.45) is 10.7. The molecular weight excluding hydrogens is 204 g/mol. The molecule has 1 aliphatic rings. The van der Waals surface area contributed by atoms with Gasteiger partial charge < -0.3 is 0 Å². The molecule has 90 valence electrons. The predicted molar refractivity (Wildman–Crippen MR) is 74.9 cm³/mol. The van der Waals surface area contributed by atoms with Crippen molar-refractivity contribution in [3.63, 3.8) is 0 Å². The molecule has 1 aliphatic carbocycles. The molecule has 0 nitrogen and oxygen atoms in total. The fraction of sp³-hybridized carbons (Fsp3) is 0.412. The van der Waals surface area contributed by atoms with Crippen molar-refractivity contribution >= 4 is 0 Å². The maximum Gasteiger partial charge on any atom is -0.0162 e. The first-order chi connectivity index (χ1) is 8.29. The Bertz CT molecular complexity index is 397. The number of rotatable bonds is 4. The van der Waals surface area contributed by atoms with Crippen LogP contribution >= 0.6 is 0 Å². The highest BCUT2D eigenvalue weighted by molar-refractivity contribution is 5.23. The van der Waals surface area contributed by atoms with Gasteiger partial charge in [0.05, 0.1) is 0 Å². The molecule has 1 aromatic carbocycles. The first kappa shape index (κ1) is 12.2. The smallest absolute Gasteiger partial charge is 0.0162 e. The molecule has 0 spiro atoms. The van der Waals surface area contributed by atoms with Crippen molar-refractivity contribution in [1.29, 1.82) is 0 Å². The van der Waals surface area contributed by atoms with Gasteiger partial charge in [-0.15, -0.1) is 0 Å². The summed E-state index contributed by atoms with van der Waals surface area (Å²) in [5.74, 6) is 1.50. The minimum Gasteiger partial charge on any atom is -0.0837 e. The molecule has 0 N–H and O–H groups in total. The van der Waals surface area contributed by atoms with Crippen LogP contribution in [-0.2, 0) is 6.42 Å². The Morgan fingerprint density at radius 1 is 1.24 bits per heavy atom. The summed E-state index contributed by atoms with van der Waals surface area (Å²) in [5, 5.41) is 0. The van der Waals surface area contributed by atoms with Crippen LogP contribution in [0.5, 0.6) is 0 Å². The molecule has 2 unspecified atom stereocenters. The number of hydrogen-bond acceptors (Lipinski definition) is 0. The molecule has 2 atom stereocenters. The van der Waals surface area contributed by atoms with E-state index in [1.54, 1.807) is 0 Å². The maximum absolute atomic E-state index is 2.46. The summed E-state index contributed by atoms with van der Waals surface area (Å²) in [5.41, 5.74) is 2.90. The summed E-state index contributed by atoms with van der Waals surface area (Å²) in [4.78, 5) is 0. The van der Waals surface area contributed by atoms with Crippen molar-refractivity contribution < 1.29 is 0 Å². The predicted octanol–water partition coefficient (Wildman–Crippen LogP) is 4.78. The Morgan fingerprint density at radius 3 is 2.65 bits per heavy atom. The van der Waals surface area contributed by atoms with Gasteiger partial charge in [0.25, 0.3) is 0 Å². The normalized spacial score (nSPS) is 21.1. The van der Waals surface area contributed by atoms with Crippen molar-refractivity contribution in [3.05, 3.63) is 59.7 Å². The van der Waals surface area contributed by atoms with Crippen LogP contribution in [0.1, 0.15) is 32.3 Å². The second-order valence-electron chi connectivity index (χ2n) is 5.07. The number of hydrogen-bond donors (Lipinski definition) is 0. The lowest BCUT2D eigenvalue weighted by molar-refractivity contribution is 0.379. The molecule has 0 amide bonds. The first-order valence-corrected chi connectivity index (χ1v) is 6.68. The van der Waals surface area contributed by atoms with Crippen molar-refractivity contribution in [2.45, 2.75) is 33.1 Å². The van der Waals surface area contributed by atoms with Crippen LogP contribution in [0, 0.1) is 11.8 Å². The van der Waals surface area contributed by atoms with E-state index in [0.29, 0.717) is 0 Å². The Morgan fingerprint density at radius 2 is 2.00 bits per heavy atom. The largest absolute Gasteiger partial charge is 0.0837 e. The SMILES string of the molecule is CCC(Cc1ccccc1)C1C=C(C)C=CC1. The molecule has 0 saturated carbocycles. The van der Waals surface area contributed by atoms with Crippen LogP contribution in [0.25, 0.3) is 0 Å². The van der Waals surface area contributed by atoms with Gasteiger partial charge >= 0.3 is 0 Å². The molecular formula is C17H22. The summed E-state index contributed by atoms with van der Waals surface area (Å²) < 4.78 is 0. The van der Waals surface area contributed by atoms with Crippen LogP contribution in [0.4, 0.5) is 0 Å². The van der Waals surface area contributed by atoms with Gasteiger partial charge in [0.2, 0.25) is 0 Å². The van der Waals surface area contributed by atoms with Gasteiger partial charge in [0.15, 0.2) is 0 Å². The van der Waals surface area contributed by atoms with Gasteiger partial charge in [-0.25, -0.2) is 0 Å². The molecule has 0 heteroatoms. The minimum atomic E-state index is 0.727. The van der Waals surface area contributed by atoms with Crippen LogP contribution in [0.15, 0.2) is 54.1 Å². The maximum atomic E-state index is 2.46. The Balaban J connectivity index is 2.05. The van der Waals surface area contributed by atoms with Crippen LogP contribution in [0.2, 0.25) is 0 Å². The van der Waals surface area contributed by atoms with Crippen molar-refractivity contribution in [1.82, 2.24) is 0 Å². The highest BCUT2D eigenvalue weighted by Crippen LogP contribution is 2.29. The van der Waals surface area contributed by atoms with Gasteiger partial charge in [0.1, 0.15) is 0 Å². The van der Waals surface area contributed by atoms with Gasteiger partial charge in [0, 0.05) is 0 Å². The van der Waals surface area contributed by atoms with Gasteiger partial charge in [-0.1, -0.05) is 67.5 Å². The van der Waals surface area contributed by atoms with E-state index in [4.69, 9.17) is 0 Å². The fourth-order valence-electron chi connectivity index (χ4n) is 2.72. The zero-order valence-corrected chi connectivity index (χ0v) is 10.9. The average molecular weight is 226 g/mol. The third kappa shape index (κ3) is 3.33. The molecule has 0 heterocycles. The highest BCUT2D eigenvalue weighted by Gasteiger charge is 2.18. The molecule has 1 aromatic rings. The number of benzene rings is 1. The van der Waals surface area contributed by atoms with E-state index in [1.165, 1.54) is 30.4 Å². The monoisotopic (exact) mass is 226 g/mol. The van der Waals surface area contributed by atoms with E-state index >= 15 is 0 Å². The van der Waals surface area contributed by atoms with Crippen LogP contribution in [-0.4, -0.2) is 0 Å². The summed E-state index contributed by atoms with van der Waals surface area (Å²) in [7, 11) is 0. The van der Waals surface area contributed by atoms with Crippen molar-refractivity contribution in [2.75, 3.05) is 0 Å². The summed E-state index contributed by atoms with van der Waals surface area (Å²) >= 11 is 0. The second kappa shape index (κ2) is 5.86. The van der Waals surface area contributed by atoms with Gasteiger partial charge in [-0.3, -0.25) is 0 Å². The van der Waals surface area contributed by atoms with E-state index in [1.807, 2.05) is 0 Å². The molecule has 0 saturated heterocycles. The minimum absolute atomic E-state index is 0.727. The molecule has 17 heavy (non-hydrogen) atoms. The molecule has 0 aliphatic heterocycles. The lowest BCUT2D eigenvalue weighted by Gasteiger charge is -2.25. The number of allylic oxidation sites excluding steroid dienone is 4. The Kier molecular flexibility index (Phi) is 4.19. The lowest BCUT2D eigenvalue weighted by Crippen LogP contribution is -2.16. The molecule has 0 bridgehead atoms. The zero-order valence-electron chi connectivity index (χ0n) is 10.9. The fourth-order valence-corrected chi connectivity index (χ4v) is 2.72. The topological polar surface area (TPSA) is 0 Å². The van der Waals surface area contributed by atoms with Crippen molar-refractivity contribution in [3.8, 4) is 0 Å². The molecule has 2 rings (SSSR count). The summed E-state index contributed by atoms with van der Waals surface area (Å²) in [6.45, 7) is 4.52. The Labute approximate surface area is 105 Å². The van der Waals surface area contributed by atoms with E-state index in [9.17, 15) is 0 Å². The zero-order chi connectivity index (χ0) is 12.1. The Hall–Kier alpha value is -1.30. The van der Waals surface area contributed by atoms with E-state index in [2.05, 4.69) is 62.4 Å². The van der Waals surface area contributed by atoms with E-state index in [0.717, 1.165) is 11.8 Å². The van der Waals surface area contributed by atoms with E-state index < -0.39 is 0 Å². The summed E-state index contributed by atoms with van der Waals surface area (Å²) in [6, 6.07) is 10.9. The van der Waals surface area contributed by atoms with E-state index in [-0.39, 0.29) is 0 Å². The third-order valence-electron chi connectivity index (χ3n) is 3.74. The quantitative estimate of drug-likeness (QED) is 0.693. The first-order valence-electron chi connectivity index (χ1n) is 6.68.